The van der Waals surface area contributed by atoms with Crippen molar-refractivity contribution in [3.63, 3.8) is 0 Å². The van der Waals surface area contributed by atoms with Gasteiger partial charge < -0.3 is 15.4 Å². The van der Waals surface area contributed by atoms with Crippen LogP contribution in [0, 0.1) is 0 Å². The zero-order valence-corrected chi connectivity index (χ0v) is 19.5. The van der Waals surface area contributed by atoms with E-state index in [0.717, 1.165) is 19.3 Å². The summed E-state index contributed by atoms with van der Waals surface area (Å²) in [5, 5.41) is 5.48. The van der Waals surface area contributed by atoms with E-state index in [9.17, 15) is 18.0 Å². The predicted molar refractivity (Wildman–Crippen MR) is 127 cm³/mol. The van der Waals surface area contributed by atoms with Gasteiger partial charge in [-0.25, -0.2) is 8.42 Å². The maximum Gasteiger partial charge on any atom is 0.243 e. The van der Waals surface area contributed by atoms with Gasteiger partial charge in [-0.2, -0.15) is 4.31 Å². The molecule has 2 amide bonds. The van der Waals surface area contributed by atoms with Crippen molar-refractivity contribution in [1.82, 2.24) is 4.31 Å². The van der Waals surface area contributed by atoms with E-state index < -0.39 is 10.0 Å². The smallest absolute Gasteiger partial charge is 0.243 e. The van der Waals surface area contributed by atoms with Gasteiger partial charge in [0.1, 0.15) is 5.75 Å². The standard InChI is InChI=1S/C22H27N3O5S2/c1-30-19-9-5-17(6-10-19)23-21(26)15-31-16-22(27)24-18-7-11-20(12-8-18)32(28,29)25-13-3-2-4-14-25/h5-12H,2-4,13-16H2,1H3,(H,23,26)(H,24,27). The number of thioether (sulfide) groups is 1. The predicted octanol–water partition coefficient (Wildman–Crippen LogP) is 3.18. The third-order valence-corrected chi connectivity index (χ3v) is 7.78. The van der Waals surface area contributed by atoms with Crippen LogP contribution in [0.2, 0.25) is 0 Å². The molecular formula is C22H27N3O5S2. The number of ether oxygens (including phenoxy) is 1. The molecule has 0 saturated carbocycles. The van der Waals surface area contributed by atoms with E-state index in [2.05, 4.69) is 10.6 Å². The van der Waals surface area contributed by atoms with E-state index in [1.54, 1.807) is 43.5 Å². The second kappa shape index (κ2) is 11.3. The van der Waals surface area contributed by atoms with Crippen LogP contribution in [-0.4, -0.2) is 56.2 Å². The Hall–Kier alpha value is -2.56. The second-order valence-corrected chi connectivity index (χ2v) is 10.2. The number of methoxy groups -OCH3 is 1. The molecule has 10 heteroatoms. The minimum atomic E-state index is -3.50. The quantitative estimate of drug-likeness (QED) is 0.575. The lowest BCUT2D eigenvalue weighted by Crippen LogP contribution is -2.35. The molecule has 0 bridgehead atoms. The molecule has 2 aromatic rings. The molecule has 0 spiro atoms. The van der Waals surface area contributed by atoms with Gasteiger partial charge in [0.15, 0.2) is 0 Å². The van der Waals surface area contributed by atoms with Crippen molar-refractivity contribution in [2.45, 2.75) is 24.2 Å². The molecule has 0 aliphatic carbocycles. The number of benzene rings is 2. The summed E-state index contributed by atoms with van der Waals surface area (Å²) in [6.07, 6.45) is 2.81. The average molecular weight is 478 g/mol. The first-order valence-electron chi connectivity index (χ1n) is 10.3. The molecule has 1 saturated heterocycles. The summed E-state index contributed by atoms with van der Waals surface area (Å²) >= 11 is 1.19. The molecule has 2 aromatic carbocycles. The van der Waals surface area contributed by atoms with Crippen LogP contribution in [0.3, 0.4) is 0 Å². The second-order valence-electron chi connectivity index (χ2n) is 7.31. The molecule has 0 aromatic heterocycles. The Kier molecular flexibility index (Phi) is 8.54. The molecular weight excluding hydrogens is 450 g/mol. The Morgan fingerprint density at radius 1 is 0.875 bits per heavy atom. The number of carbonyl (C=O) groups excluding carboxylic acids is 2. The minimum Gasteiger partial charge on any atom is -0.497 e. The Labute approximate surface area is 192 Å². The highest BCUT2D eigenvalue weighted by Gasteiger charge is 2.25. The summed E-state index contributed by atoms with van der Waals surface area (Å²) in [6, 6.07) is 13.2. The first kappa shape index (κ1) is 24.1. The van der Waals surface area contributed by atoms with Crippen LogP contribution in [0.1, 0.15) is 19.3 Å². The number of nitrogens with zero attached hydrogens (tertiary/aromatic N) is 1. The fraction of sp³-hybridized carbons (Fsp3) is 0.364. The van der Waals surface area contributed by atoms with Crippen LogP contribution in [0.25, 0.3) is 0 Å². The number of piperidine rings is 1. The van der Waals surface area contributed by atoms with Crippen LogP contribution in [0.15, 0.2) is 53.4 Å². The summed E-state index contributed by atoms with van der Waals surface area (Å²) in [7, 11) is -1.93. The molecule has 2 N–H and O–H groups in total. The monoisotopic (exact) mass is 477 g/mol. The Bertz CT molecular complexity index is 1020. The topological polar surface area (TPSA) is 105 Å². The average Bonchev–Trinajstić information content (AvgIpc) is 2.80. The molecule has 32 heavy (non-hydrogen) atoms. The minimum absolute atomic E-state index is 0.101. The van der Waals surface area contributed by atoms with Crippen molar-refractivity contribution >= 4 is 45.0 Å². The number of nitrogens with one attached hydrogen (secondary N) is 2. The van der Waals surface area contributed by atoms with Gasteiger partial charge in [-0.15, -0.1) is 11.8 Å². The van der Waals surface area contributed by atoms with E-state index in [1.807, 2.05) is 0 Å². The maximum absolute atomic E-state index is 12.7. The number of anilines is 2. The Balaban J connectivity index is 1.43. The van der Waals surface area contributed by atoms with Gasteiger partial charge in [0, 0.05) is 24.5 Å². The fourth-order valence-corrected chi connectivity index (χ4v) is 5.40. The maximum atomic E-state index is 12.7. The van der Waals surface area contributed by atoms with E-state index in [4.69, 9.17) is 4.74 Å². The molecule has 0 radical (unpaired) electrons. The lowest BCUT2D eigenvalue weighted by molar-refractivity contribution is -0.114. The fourth-order valence-electron chi connectivity index (χ4n) is 3.27. The van der Waals surface area contributed by atoms with E-state index in [0.29, 0.717) is 30.2 Å². The first-order valence-corrected chi connectivity index (χ1v) is 12.9. The van der Waals surface area contributed by atoms with Crippen molar-refractivity contribution in [2.75, 3.05) is 42.3 Å². The molecule has 1 fully saturated rings. The SMILES string of the molecule is COc1ccc(NC(=O)CSCC(=O)Nc2ccc(S(=O)(=O)N3CCCCC3)cc2)cc1. The number of hydrogen-bond donors (Lipinski definition) is 2. The van der Waals surface area contributed by atoms with Crippen LogP contribution < -0.4 is 15.4 Å². The highest BCUT2D eigenvalue weighted by atomic mass is 32.2. The molecule has 172 valence electrons. The molecule has 1 heterocycles. The largest absolute Gasteiger partial charge is 0.497 e. The summed E-state index contributed by atoms with van der Waals surface area (Å²) in [6.45, 7) is 1.09. The van der Waals surface area contributed by atoms with Gasteiger partial charge in [-0.05, 0) is 61.4 Å². The Morgan fingerprint density at radius 2 is 1.38 bits per heavy atom. The van der Waals surface area contributed by atoms with Gasteiger partial charge >= 0.3 is 0 Å². The summed E-state index contributed by atoms with van der Waals surface area (Å²) in [5.74, 6) is 0.460. The number of sulfonamides is 1. The molecule has 8 nitrogen and oxygen atoms in total. The van der Waals surface area contributed by atoms with Crippen LogP contribution >= 0.6 is 11.8 Å². The van der Waals surface area contributed by atoms with Gasteiger partial charge in [-0.3, -0.25) is 9.59 Å². The third-order valence-electron chi connectivity index (χ3n) is 4.93. The van der Waals surface area contributed by atoms with Crippen LogP contribution in [0.5, 0.6) is 5.75 Å². The molecule has 3 rings (SSSR count). The summed E-state index contributed by atoms with van der Waals surface area (Å²) in [4.78, 5) is 24.4. The van der Waals surface area contributed by atoms with Gasteiger partial charge in [-0.1, -0.05) is 6.42 Å². The van der Waals surface area contributed by atoms with Crippen LogP contribution in [0.4, 0.5) is 11.4 Å². The normalized spacial score (nSPS) is 14.5. The highest BCUT2D eigenvalue weighted by molar-refractivity contribution is 8.00. The lowest BCUT2D eigenvalue weighted by atomic mass is 10.2. The van der Waals surface area contributed by atoms with E-state index >= 15 is 0 Å². The zero-order chi connectivity index (χ0) is 23.0. The number of rotatable bonds is 9. The number of carbonyl (C=O) groups is 2. The molecule has 0 unspecified atom stereocenters. The van der Waals surface area contributed by atoms with Crippen LogP contribution in [-0.2, 0) is 19.6 Å². The summed E-state index contributed by atoms with van der Waals surface area (Å²) < 4.78 is 31.9. The van der Waals surface area contributed by atoms with E-state index in [1.165, 1.54) is 28.2 Å². The molecule has 1 aliphatic heterocycles. The Morgan fingerprint density at radius 3 is 1.88 bits per heavy atom. The van der Waals surface area contributed by atoms with E-state index in [-0.39, 0.29) is 28.2 Å². The zero-order valence-electron chi connectivity index (χ0n) is 17.9. The summed E-state index contributed by atoms with van der Waals surface area (Å²) in [5.41, 5.74) is 1.16. The number of amides is 2. The van der Waals surface area contributed by atoms with Crippen molar-refractivity contribution < 1.29 is 22.7 Å². The van der Waals surface area contributed by atoms with Crippen molar-refractivity contribution in [3.8, 4) is 5.75 Å². The van der Waals surface area contributed by atoms with Crippen molar-refractivity contribution in [1.29, 1.82) is 0 Å². The highest BCUT2D eigenvalue weighted by Crippen LogP contribution is 2.22. The molecule has 1 aliphatic rings. The van der Waals surface area contributed by atoms with Gasteiger partial charge in [0.05, 0.1) is 23.5 Å². The van der Waals surface area contributed by atoms with Crippen molar-refractivity contribution in [2.24, 2.45) is 0 Å². The van der Waals surface area contributed by atoms with Crippen molar-refractivity contribution in [3.05, 3.63) is 48.5 Å². The van der Waals surface area contributed by atoms with Gasteiger partial charge in [0.25, 0.3) is 0 Å². The third kappa shape index (κ3) is 6.72. The van der Waals surface area contributed by atoms with Gasteiger partial charge in [0.2, 0.25) is 21.8 Å². The lowest BCUT2D eigenvalue weighted by Gasteiger charge is -2.25. The first-order chi connectivity index (χ1) is 15.4. The molecule has 0 atom stereocenters. The number of hydrogen-bond acceptors (Lipinski definition) is 6.